The molecule has 7 nitrogen and oxygen atoms in total. The number of nitrogens with one attached hydrogen (secondary N) is 1. The molecule has 2 aromatic carbocycles. The molecule has 3 aromatic rings. The van der Waals surface area contributed by atoms with Crippen LogP contribution >= 0.6 is 0 Å². The minimum atomic E-state index is -0.0336. The Labute approximate surface area is 225 Å². The van der Waals surface area contributed by atoms with E-state index in [2.05, 4.69) is 58.1 Å². The van der Waals surface area contributed by atoms with E-state index in [1.807, 2.05) is 12.1 Å². The molecule has 202 valence electrons. The summed E-state index contributed by atoms with van der Waals surface area (Å²) >= 11 is 0. The molecule has 1 aromatic heterocycles. The number of carbonyl (C=O) groups is 2. The van der Waals surface area contributed by atoms with Gasteiger partial charge >= 0.3 is 6.03 Å². The molecular formula is C31H40N4O3. The molecule has 1 unspecified atom stereocenters. The number of hydrogen-bond acceptors (Lipinski definition) is 3. The molecule has 5 rings (SSSR count). The number of anilines is 1. The molecule has 0 spiro atoms. The summed E-state index contributed by atoms with van der Waals surface area (Å²) in [5.41, 5.74) is 6.16. The zero-order chi connectivity index (χ0) is 26.5. The van der Waals surface area contributed by atoms with Gasteiger partial charge in [0.25, 0.3) is 0 Å². The van der Waals surface area contributed by atoms with Crippen molar-refractivity contribution < 1.29 is 14.3 Å². The molecule has 0 saturated carbocycles. The number of para-hydroxylation sites is 1. The van der Waals surface area contributed by atoms with E-state index in [1.165, 1.54) is 27.7 Å². The smallest absolute Gasteiger partial charge is 0.321 e. The van der Waals surface area contributed by atoms with Gasteiger partial charge in [0.15, 0.2) is 0 Å². The Hall–Kier alpha value is -3.32. The quantitative estimate of drug-likeness (QED) is 0.375. The van der Waals surface area contributed by atoms with Crippen LogP contribution in [0.5, 0.6) is 0 Å². The van der Waals surface area contributed by atoms with Crippen molar-refractivity contribution in [2.45, 2.75) is 57.9 Å². The van der Waals surface area contributed by atoms with E-state index in [1.54, 1.807) is 12.0 Å². The fourth-order valence-electron chi connectivity index (χ4n) is 6.22. The Bertz CT molecular complexity index is 1270. The Kier molecular flexibility index (Phi) is 8.32. The van der Waals surface area contributed by atoms with Crippen LogP contribution in [0.2, 0.25) is 0 Å². The number of piperidine rings is 1. The van der Waals surface area contributed by atoms with Gasteiger partial charge in [0.05, 0.1) is 0 Å². The summed E-state index contributed by atoms with van der Waals surface area (Å²) in [6.45, 7) is 6.97. The number of methoxy groups -OCH3 is 1. The second kappa shape index (κ2) is 12.0. The summed E-state index contributed by atoms with van der Waals surface area (Å²) in [6.07, 6.45) is 5.40. The average Bonchev–Trinajstić information content (AvgIpc) is 3.50. The first-order chi connectivity index (χ1) is 18.6. The summed E-state index contributed by atoms with van der Waals surface area (Å²) in [7, 11) is 1.76. The van der Waals surface area contributed by atoms with E-state index in [0.29, 0.717) is 25.4 Å². The lowest BCUT2D eigenvalue weighted by atomic mass is 9.91. The topological polar surface area (TPSA) is 66.8 Å². The van der Waals surface area contributed by atoms with Gasteiger partial charge in [0, 0.05) is 81.1 Å². The summed E-state index contributed by atoms with van der Waals surface area (Å²) in [5, 5.41) is 4.16. The molecule has 2 aliphatic rings. The summed E-state index contributed by atoms with van der Waals surface area (Å²) < 4.78 is 7.82. The number of aromatic nitrogens is 1. The van der Waals surface area contributed by atoms with Gasteiger partial charge in [-0.25, -0.2) is 4.79 Å². The summed E-state index contributed by atoms with van der Waals surface area (Å²) in [6, 6.07) is 16.8. The number of ether oxygens (including phenoxy) is 1. The van der Waals surface area contributed by atoms with E-state index in [9.17, 15) is 9.59 Å². The van der Waals surface area contributed by atoms with Gasteiger partial charge in [-0.05, 0) is 68.4 Å². The van der Waals surface area contributed by atoms with Crippen molar-refractivity contribution in [1.29, 1.82) is 0 Å². The van der Waals surface area contributed by atoms with E-state index in [-0.39, 0.29) is 11.9 Å². The molecule has 0 radical (unpaired) electrons. The number of urea groups is 1. The standard InChI is InChI=1S/C31H40N4O3/c1-23-27-10-3-4-11-28(27)35(19-7-21-38-2)30(23)25-9-6-18-33(22-25)29(36)12-5-8-24-13-15-26(16-14-24)34-20-17-32-31(34)37/h3-4,10-11,13-16,25H,5-9,12,17-22H2,1-2H3,(H,32,37). The number of likely N-dealkylation sites (tertiary alicyclic amines) is 1. The molecule has 2 saturated heterocycles. The molecule has 2 fully saturated rings. The lowest BCUT2D eigenvalue weighted by molar-refractivity contribution is -0.132. The third-order valence-electron chi connectivity index (χ3n) is 8.13. The lowest BCUT2D eigenvalue weighted by Gasteiger charge is -2.34. The van der Waals surface area contributed by atoms with Gasteiger partial charge in [0.2, 0.25) is 5.91 Å². The maximum atomic E-state index is 13.2. The van der Waals surface area contributed by atoms with Gasteiger partial charge in [0.1, 0.15) is 0 Å². The van der Waals surface area contributed by atoms with Crippen molar-refractivity contribution in [3.05, 3.63) is 65.4 Å². The predicted octanol–water partition coefficient (Wildman–Crippen LogP) is 5.24. The third-order valence-corrected chi connectivity index (χ3v) is 8.13. The lowest BCUT2D eigenvalue weighted by Crippen LogP contribution is -2.39. The summed E-state index contributed by atoms with van der Waals surface area (Å²) in [5.74, 6) is 0.623. The van der Waals surface area contributed by atoms with Gasteiger partial charge < -0.3 is 19.5 Å². The van der Waals surface area contributed by atoms with Crippen LogP contribution in [-0.2, 0) is 22.5 Å². The van der Waals surface area contributed by atoms with Crippen molar-refractivity contribution in [2.75, 3.05) is 44.8 Å². The Morgan fingerprint density at radius 1 is 1.08 bits per heavy atom. The van der Waals surface area contributed by atoms with Crippen LogP contribution in [0.4, 0.5) is 10.5 Å². The monoisotopic (exact) mass is 516 g/mol. The highest BCUT2D eigenvalue weighted by Gasteiger charge is 2.29. The number of benzene rings is 2. The normalized spacial score (nSPS) is 17.8. The highest BCUT2D eigenvalue weighted by Crippen LogP contribution is 2.36. The van der Waals surface area contributed by atoms with Crippen LogP contribution in [0.15, 0.2) is 48.5 Å². The molecule has 3 heterocycles. The summed E-state index contributed by atoms with van der Waals surface area (Å²) in [4.78, 5) is 29.0. The molecule has 7 heteroatoms. The Morgan fingerprint density at radius 3 is 2.66 bits per heavy atom. The van der Waals surface area contributed by atoms with E-state index in [4.69, 9.17) is 4.74 Å². The first kappa shape index (κ1) is 26.3. The maximum Gasteiger partial charge on any atom is 0.321 e. The van der Waals surface area contributed by atoms with Crippen LogP contribution in [0.3, 0.4) is 0 Å². The number of amides is 3. The maximum absolute atomic E-state index is 13.2. The average molecular weight is 517 g/mol. The van der Waals surface area contributed by atoms with Gasteiger partial charge in [-0.2, -0.15) is 0 Å². The zero-order valence-electron chi connectivity index (χ0n) is 22.7. The molecule has 0 bridgehead atoms. The number of nitrogens with zero attached hydrogens (tertiary/aromatic N) is 3. The highest BCUT2D eigenvalue weighted by atomic mass is 16.5. The van der Waals surface area contributed by atoms with Gasteiger partial charge in [-0.1, -0.05) is 30.3 Å². The van der Waals surface area contributed by atoms with Crippen molar-refractivity contribution in [3.8, 4) is 0 Å². The minimum Gasteiger partial charge on any atom is -0.385 e. The van der Waals surface area contributed by atoms with Crippen LogP contribution < -0.4 is 10.2 Å². The highest BCUT2D eigenvalue weighted by molar-refractivity contribution is 5.94. The molecule has 1 N–H and O–H groups in total. The SMILES string of the molecule is COCCCn1c(C2CCCN(C(=O)CCCc3ccc(N4CCNC4=O)cc3)C2)c(C)c2ccccc21. The van der Waals surface area contributed by atoms with Crippen LogP contribution in [0.1, 0.15) is 54.8 Å². The van der Waals surface area contributed by atoms with Crippen LogP contribution in [-0.4, -0.2) is 61.3 Å². The minimum absolute atomic E-state index is 0.0336. The van der Waals surface area contributed by atoms with Crippen molar-refractivity contribution in [1.82, 2.24) is 14.8 Å². The van der Waals surface area contributed by atoms with Crippen LogP contribution in [0.25, 0.3) is 10.9 Å². The number of rotatable bonds is 10. The van der Waals surface area contributed by atoms with Crippen molar-refractivity contribution in [2.24, 2.45) is 0 Å². The third kappa shape index (κ3) is 5.58. The number of carbonyl (C=O) groups excluding carboxylic acids is 2. The molecule has 1 atom stereocenters. The molecule has 3 amide bonds. The van der Waals surface area contributed by atoms with Gasteiger partial charge in [-0.15, -0.1) is 0 Å². The largest absolute Gasteiger partial charge is 0.385 e. The van der Waals surface area contributed by atoms with Crippen LogP contribution in [0, 0.1) is 6.92 Å². The van der Waals surface area contributed by atoms with E-state index < -0.39 is 0 Å². The molecule has 38 heavy (non-hydrogen) atoms. The molecular weight excluding hydrogens is 476 g/mol. The Morgan fingerprint density at radius 2 is 1.89 bits per heavy atom. The van der Waals surface area contributed by atoms with Gasteiger partial charge in [-0.3, -0.25) is 9.69 Å². The first-order valence-electron chi connectivity index (χ1n) is 14.1. The van der Waals surface area contributed by atoms with E-state index in [0.717, 1.165) is 64.0 Å². The number of fused-ring (bicyclic) bond motifs is 1. The fourth-order valence-corrected chi connectivity index (χ4v) is 6.22. The zero-order valence-corrected chi connectivity index (χ0v) is 22.7. The second-order valence-corrected chi connectivity index (χ2v) is 10.6. The van der Waals surface area contributed by atoms with Crippen molar-refractivity contribution in [3.63, 3.8) is 0 Å². The van der Waals surface area contributed by atoms with Crippen molar-refractivity contribution >= 4 is 28.5 Å². The second-order valence-electron chi connectivity index (χ2n) is 10.6. The number of aryl methyl sites for hydroxylation is 3. The Balaban J connectivity index is 1.20. The van der Waals surface area contributed by atoms with E-state index >= 15 is 0 Å². The fraction of sp³-hybridized carbons (Fsp3) is 0.484. The first-order valence-corrected chi connectivity index (χ1v) is 14.1. The predicted molar refractivity (Wildman–Crippen MR) is 152 cm³/mol. The number of hydrogen-bond donors (Lipinski definition) is 1. The molecule has 0 aliphatic carbocycles. The molecule has 2 aliphatic heterocycles.